The van der Waals surface area contributed by atoms with Gasteiger partial charge < -0.3 is 0 Å². The first-order valence-corrected chi connectivity index (χ1v) is 9.15. The number of hydrogen-bond donors (Lipinski definition) is 0. The van der Waals surface area contributed by atoms with E-state index in [1.54, 1.807) is 0 Å². The highest BCUT2D eigenvalue weighted by atomic mass is 15.1. The predicted octanol–water partition coefficient (Wildman–Crippen LogP) is 5.65. The Hall–Kier alpha value is -2.42. The van der Waals surface area contributed by atoms with Crippen molar-refractivity contribution in [3.05, 3.63) is 66.7 Å². The van der Waals surface area contributed by atoms with E-state index in [1.165, 1.54) is 11.1 Å². The fourth-order valence-corrected chi connectivity index (χ4v) is 3.65. The fraction of sp³-hybridized carbons (Fsp3) is 0.364. The molecule has 0 bridgehead atoms. The van der Waals surface area contributed by atoms with Gasteiger partial charge in [-0.15, -0.1) is 0 Å². The Labute approximate surface area is 150 Å². The van der Waals surface area contributed by atoms with Gasteiger partial charge in [0.15, 0.2) is 0 Å². The molecule has 1 aromatic carbocycles. The van der Waals surface area contributed by atoms with Crippen LogP contribution in [-0.4, -0.2) is 14.5 Å². The lowest BCUT2D eigenvalue weighted by atomic mass is 9.68. The number of nitrogens with zero attached hydrogens (tertiary/aromatic N) is 3. The second kappa shape index (κ2) is 7.22. The van der Waals surface area contributed by atoms with Gasteiger partial charge in [-0.25, -0.2) is 4.98 Å². The lowest BCUT2D eigenvalue weighted by Crippen LogP contribution is -2.30. The molecule has 3 aromatic rings. The minimum absolute atomic E-state index is 0.125. The maximum absolute atomic E-state index is 4.70. The second-order valence-electron chi connectivity index (χ2n) is 6.95. The van der Waals surface area contributed by atoms with Gasteiger partial charge >= 0.3 is 0 Å². The normalized spacial score (nSPS) is 14.9. The molecule has 0 aliphatic rings. The molecule has 0 N–H and O–H groups in total. The molecule has 3 heteroatoms. The van der Waals surface area contributed by atoms with Gasteiger partial charge in [0.1, 0.15) is 5.82 Å². The zero-order valence-corrected chi connectivity index (χ0v) is 15.6. The van der Waals surface area contributed by atoms with E-state index >= 15 is 0 Å². The summed E-state index contributed by atoms with van der Waals surface area (Å²) in [5, 5.41) is 0. The molecule has 2 unspecified atom stereocenters. The van der Waals surface area contributed by atoms with Gasteiger partial charge in [-0.1, -0.05) is 58.4 Å². The smallest absolute Gasteiger partial charge is 0.144 e. The van der Waals surface area contributed by atoms with Crippen LogP contribution in [-0.2, 0) is 5.41 Å². The van der Waals surface area contributed by atoms with Gasteiger partial charge in [-0.05, 0) is 35.4 Å². The van der Waals surface area contributed by atoms with Crippen molar-refractivity contribution >= 4 is 0 Å². The quantitative estimate of drug-likeness (QED) is 0.584. The molecular formula is C22H27N3. The molecule has 25 heavy (non-hydrogen) atoms. The monoisotopic (exact) mass is 333 g/mol. The Morgan fingerprint density at radius 3 is 2.44 bits per heavy atom. The summed E-state index contributed by atoms with van der Waals surface area (Å²) < 4.78 is 2.15. The molecule has 3 rings (SSSR count). The minimum atomic E-state index is 0.125. The van der Waals surface area contributed by atoms with Crippen LogP contribution in [0.2, 0.25) is 0 Å². The van der Waals surface area contributed by atoms with E-state index in [1.807, 2.05) is 36.9 Å². The molecule has 2 atom stereocenters. The third kappa shape index (κ3) is 3.11. The molecule has 0 saturated carbocycles. The van der Waals surface area contributed by atoms with E-state index in [2.05, 4.69) is 61.5 Å². The number of imidazole rings is 1. The molecular weight excluding hydrogens is 306 g/mol. The summed E-state index contributed by atoms with van der Waals surface area (Å²) in [6, 6.07) is 12.8. The largest absolute Gasteiger partial charge is 0.300 e. The first-order valence-electron chi connectivity index (χ1n) is 9.15. The molecule has 0 aliphatic heterocycles. The van der Waals surface area contributed by atoms with Crippen molar-refractivity contribution in [1.29, 1.82) is 0 Å². The molecule has 0 spiro atoms. The molecule has 0 amide bonds. The van der Waals surface area contributed by atoms with Crippen molar-refractivity contribution in [1.82, 2.24) is 14.5 Å². The third-order valence-electron chi connectivity index (χ3n) is 5.80. The van der Waals surface area contributed by atoms with E-state index in [0.717, 1.165) is 24.4 Å². The molecule has 0 aliphatic carbocycles. The van der Waals surface area contributed by atoms with Crippen LogP contribution in [0.3, 0.4) is 0 Å². The molecule has 0 fully saturated rings. The summed E-state index contributed by atoms with van der Waals surface area (Å²) in [7, 11) is 0. The zero-order chi connectivity index (χ0) is 17.9. The van der Waals surface area contributed by atoms with Crippen molar-refractivity contribution in [2.45, 2.75) is 46.0 Å². The van der Waals surface area contributed by atoms with Crippen molar-refractivity contribution in [3.8, 4) is 17.1 Å². The van der Waals surface area contributed by atoms with E-state index in [9.17, 15) is 0 Å². The van der Waals surface area contributed by atoms with Crippen molar-refractivity contribution in [2.24, 2.45) is 5.92 Å². The van der Waals surface area contributed by atoms with Gasteiger partial charge in [0.05, 0.1) is 5.69 Å². The van der Waals surface area contributed by atoms with Crippen LogP contribution in [0.1, 0.15) is 46.1 Å². The van der Waals surface area contributed by atoms with Gasteiger partial charge in [0.25, 0.3) is 0 Å². The molecule has 0 saturated heterocycles. The highest BCUT2D eigenvalue weighted by molar-refractivity contribution is 5.65. The van der Waals surface area contributed by atoms with Crippen LogP contribution >= 0.6 is 0 Å². The average Bonchev–Trinajstić information content (AvgIpc) is 3.17. The Morgan fingerprint density at radius 2 is 1.76 bits per heavy atom. The maximum atomic E-state index is 4.70. The van der Waals surface area contributed by atoms with Crippen LogP contribution in [0.15, 0.2) is 61.2 Å². The molecule has 2 heterocycles. The lowest BCUT2D eigenvalue weighted by Gasteiger charge is -2.36. The number of hydrogen-bond acceptors (Lipinski definition) is 2. The zero-order valence-electron chi connectivity index (χ0n) is 15.6. The number of rotatable bonds is 6. The molecule has 130 valence electrons. The van der Waals surface area contributed by atoms with Crippen molar-refractivity contribution < 1.29 is 0 Å². The highest BCUT2D eigenvalue weighted by Gasteiger charge is 2.33. The van der Waals surface area contributed by atoms with E-state index in [4.69, 9.17) is 4.98 Å². The number of benzene rings is 1. The first kappa shape index (κ1) is 17.4. The summed E-state index contributed by atoms with van der Waals surface area (Å²) >= 11 is 0. The van der Waals surface area contributed by atoms with Gasteiger partial charge in [-0.2, -0.15) is 0 Å². The summed E-state index contributed by atoms with van der Waals surface area (Å²) in [5.41, 5.74) is 3.81. The summed E-state index contributed by atoms with van der Waals surface area (Å²) in [6.07, 6.45) is 9.81. The average molecular weight is 333 g/mol. The Bertz CT molecular complexity index is 822. The van der Waals surface area contributed by atoms with Gasteiger partial charge in [-0.3, -0.25) is 9.55 Å². The van der Waals surface area contributed by atoms with Crippen molar-refractivity contribution in [2.75, 3.05) is 0 Å². The number of pyridine rings is 1. The fourth-order valence-electron chi connectivity index (χ4n) is 3.65. The van der Waals surface area contributed by atoms with Crippen LogP contribution in [0.4, 0.5) is 0 Å². The standard InChI is InChI=1S/C22H27N3/c1-5-17(3)22(4,6-2)20-10-8-7-9-19(20)21-24-15-16-25(21)18-11-13-23-14-12-18/h7-17H,5-6H2,1-4H3. The molecule has 0 radical (unpaired) electrons. The highest BCUT2D eigenvalue weighted by Crippen LogP contribution is 2.41. The Morgan fingerprint density at radius 1 is 1.04 bits per heavy atom. The van der Waals surface area contributed by atoms with Gasteiger partial charge in [0, 0.05) is 30.4 Å². The van der Waals surface area contributed by atoms with E-state index in [0.29, 0.717) is 5.92 Å². The minimum Gasteiger partial charge on any atom is -0.300 e. The maximum Gasteiger partial charge on any atom is 0.144 e. The second-order valence-corrected chi connectivity index (χ2v) is 6.95. The summed E-state index contributed by atoms with van der Waals surface area (Å²) in [4.78, 5) is 8.83. The third-order valence-corrected chi connectivity index (χ3v) is 5.80. The van der Waals surface area contributed by atoms with Crippen molar-refractivity contribution in [3.63, 3.8) is 0 Å². The van der Waals surface area contributed by atoms with Crippen LogP contribution < -0.4 is 0 Å². The summed E-state index contributed by atoms with van der Waals surface area (Å²) in [6.45, 7) is 9.31. The number of aromatic nitrogens is 3. The SMILES string of the molecule is CCC(C)C(C)(CC)c1ccccc1-c1nccn1-c1ccncc1. The van der Waals surface area contributed by atoms with Gasteiger partial charge in [0.2, 0.25) is 0 Å². The van der Waals surface area contributed by atoms with Crippen LogP contribution in [0.5, 0.6) is 0 Å². The predicted molar refractivity (Wildman–Crippen MR) is 104 cm³/mol. The lowest BCUT2D eigenvalue weighted by molar-refractivity contribution is 0.296. The van der Waals surface area contributed by atoms with Crippen LogP contribution in [0.25, 0.3) is 17.1 Å². The Kier molecular flexibility index (Phi) is 5.03. The van der Waals surface area contributed by atoms with E-state index < -0.39 is 0 Å². The topological polar surface area (TPSA) is 30.7 Å². The van der Waals surface area contributed by atoms with E-state index in [-0.39, 0.29) is 5.41 Å². The molecule has 3 nitrogen and oxygen atoms in total. The molecule has 2 aromatic heterocycles. The summed E-state index contributed by atoms with van der Waals surface area (Å²) in [5.74, 6) is 1.59. The Balaban J connectivity index is 2.17. The first-order chi connectivity index (χ1) is 12.1. The van der Waals surface area contributed by atoms with Crippen LogP contribution in [0, 0.1) is 5.92 Å².